The summed E-state index contributed by atoms with van der Waals surface area (Å²) in [5, 5.41) is 3.18. The van der Waals surface area contributed by atoms with Crippen LogP contribution < -0.4 is 5.32 Å². The van der Waals surface area contributed by atoms with Crippen molar-refractivity contribution in [3.8, 4) is 0 Å². The summed E-state index contributed by atoms with van der Waals surface area (Å²) in [4.78, 5) is 12.5. The minimum Gasteiger partial charge on any atom is -0.468 e. The van der Waals surface area contributed by atoms with Crippen LogP contribution in [0.4, 0.5) is 0 Å². The van der Waals surface area contributed by atoms with Gasteiger partial charge in [-0.15, -0.1) is 11.3 Å². The van der Waals surface area contributed by atoms with Crippen LogP contribution in [0.2, 0.25) is 0 Å². The number of esters is 1. The molecule has 0 amide bonds. The monoisotopic (exact) mass is 291 g/mol. The van der Waals surface area contributed by atoms with Gasteiger partial charge in [-0.3, -0.25) is 5.32 Å². The van der Waals surface area contributed by atoms with Crippen LogP contribution in [0, 0.1) is 0 Å². The summed E-state index contributed by atoms with van der Waals surface area (Å²) in [5.74, 6) is -0.252. The summed E-state index contributed by atoms with van der Waals surface area (Å²) >= 11 is 4.91. The van der Waals surface area contributed by atoms with Crippen molar-refractivity contribution in [2.24, 2.45) is 0 Å². The Morgan fingerprint density at radius 2 is 2.20 bits per heavy atom. The van der Waals surface area contributed by atoms with Gasteiger partial charge in [0.25, 0.3) is 0 Å². The van der Waals surface area contributed by atoms with E-state index in [-0.39, 0.29) is 18.1 Å². The Morgan fingerprint density at radius 3 is 2.60 bits per heavy atom. The molecule has 0 aliphatic carbocycles. The van der Waals surface area contributed by atoms with Gasteiger partial charge in [0.15, 0.2) is 0 Å². The number of hydrogen-bond acceptors (Lipinski definition) is 4. The van der Waals surface area contributed by atoms with Crippen molar-refractivity contribution >= 4 is 33.2 Å². The second-order valence-corrected chi connectivity index (χ2v) is 5.91. The fraction of sp³-hybridized carbons (Fsp3) is 0.500. The molecule has 15 heavy (non-hydrogen) atoms. The highest BCUT2D eigenvalue weighted by Crippen LogP contribution is 2.28. The third kappa shape index (κ3) is 3.59. The average Bonchev–Trinajstić information content (AvgIpc) is 2.59. The van der Waals surface area contributed by atoms with Crippen LogP contribution >= 0.6 is 27.3 Å². The van der Waals surface area contributed by atoms with Crippen LogP contribution in [0.15, 0.2) is 15.9 Å². The van der Waals surface area contributed by atoms with Gasteiger partial charge in [-0.05, 0) is 41.9 Å². The lowest BCUT2D eigenvalue weighted by atomic mass is 10.2. The highest BCUT2D eigenvalue weighted by Gasteiger charge is 2.23. The summed E-state index contributed by atoms with van der Waals surface area (Å²) in [6.07, 6.45) is 0. The van der Waals surface area contributed by atoms with Crippen molar-refractivity contribution in [2.45, 2.75) is 25.9 Å². The number of halogens is 1. The Kier molecular flexibility index (Phi) is 4.76. The van der Waals surface area contributed by atoms with E-state index in [0.717, 1.165) is 8.66 Å². The molecule has 1 unspecified atom stereocenters. The van der Waals surface area contributed by atoms with Gasteiger partial charge in [-0.25, -0.2) is 4.79 Å². The molecule has 0 bridgehead atoms. The van der Waals surface area contributed by atoms with E-state index < -0.39 is 0 Å². The molecule has 0 aliphatic heterocycles. The molecule has 0 fully saturated rings. The zero-order valence-electron chi connectivity index (χ0n) is 8.91. The molecule has 0 radical (unpaired) electrons. The largest absolute Gasteiger partial charge is 0.468 e. The van der Waals surface area contributed by atoms with Gasteiger partial charge >= 0.3 is 5.97 Å². The topological polar surface area (TPSA) is 38.3 Å². The van der Waals surface area contributed by atoms with Crippen molar-refractivity contribution in [1.82, 2.24) is 5.32 Å². The Labute approximate surface area is 102 Å². The smallest absolute Gasteiger partial charge is 0.328 e. The number of hydrogen-bond donors (Lipinski definition) is 1. The first-order chi connectivity index (χ1) is 7.04. The molecule has 0 spiro atoms. The summed E-state index contributed by atoms with van der Waals surface area (Å²) in [7, 11) is 1.40. The second kappa shape index (κ2) is 5.63. The molecule has 1 rings (SSSR count). The van der Waals surface area contributed by atoms with Gasteiger partial charge in [0.1, 0.15) is 6.04 Å². The van der Waals surface area contributed by atoms with Crippen LogP contribution in [0.1, 0.15) is 24.8 Å². The third-order valence-corrected chi connectivity index (χ3v) is 3.50. The lowest BCUT2D eigenvalue weighted by molar-refractivity contribution is -0.143. The maximum Gasteiger partial charge on any atom is 0.328 e. The molecule has 84 valence electrons. The van der Waals surface area contributed by atoms with E-state index in [1.165, 1.54) is 18.4 Å². The number of methoxy groups -OCH3 is 1. The van der Waals surface area contributed by atoms with Gasteiger partial charge < -0.3 is 4.74 Å². The van der Waals surface area contributed by atoms with E-state index >= 15 is 0 Å². The van der Waals surface area contributed by atoms with E-state index in [9.17, 15) is 4.79 Å². The first-order valence-electron chi connectivity index (χ1n) is 4.63. The number of carbonyl (C=O) groups is 1. The molecule has 3 nitrogen and oxygen atoms in total. The predicted octanol–water partition coefficient (Wildman–Crippen LogP) is 2.72. The van der Waals surface area contributed by atoms with Crippen molar-refractivity contribution < 1.29 is 9.53 Å². The number of nitrogens with one attached hydrogen (secondary N) is 1. The molecule has 0 aromatic carbocycles. The maximum atomic E-state index is 11.6. The lowest BCUT2D eigenvalue weighted by Crippen LogP contribution is -2.33. The molecule has 1 N–H and O–H groups in total. The summed E-state index contributed by atoms with van der Waals surface area (Å²) < 4.78 is 5.78. The molecule has 1 aromatic rings. The number of thiophene rings is 1. The van der Waals surface area contributed by atoms with Crippen molar-refractivity contribution in [1.29, 1.82) is 0 Å². The van der Waals surface area contributed by atoms with E-state index in [4.69, 9.17) is 4.74 Å². The van der Waals surface area contributed by atoms with Gasteiger partial charge in [0, 0.05) is 10.9 Å². The molecule has 0 saturated heterocycles. The molecule has 0 saturated carbocycles. The highest BCUT2D eigenvalue weighted by molar-refractivity contribution is 9.11. The van der Waals surface area contributed by atoms with Crippen LogP contribution in [-0.4, -0.2) is 19.1 Å². The molecule has 1 aromatic heterocycles. The minimum absolute atomic E-state index is 0.231. The zero-order valence-corrected chi connectivity index (χ0v) is 11.3. The van der Waals surface area contributed by atoms with Crippen LogP contribution in [0.5, 0.6) is 0 Å². The quantitative estimate of drug-likeness (QED) is 0.867. The fourth-order valence-electron chi connectivity index (χ4n) is 1.20. The molecular weight excluding hydrogens is 278 g/mol. The standard InChI is InChI=1S/C10H14BrNO2S/c1-6(2)12-9(10(13)14-3)7-4-5-8(11)15-7/h4-6,9,12H,1-3H3. The summed E-state index contributed by atoms with van der Waals surface area (Å²) in [5.41, 5.74) is 0. The van der Waals surface area contributed by atoms with E-state index in [1.807, 2.05) is 26.0 Å². The highest BCUT2D eigenvalue weighted by atomic mass is 79.9. The Morgan fingerprint density at radius 1 is 1.53 bits per heavy atom. The Hall–Kier alpha value is -0.390. The summed E-state index contributed by atoms with van der Waals surface area (Å²) in [6.45, 7) is 4.00. The van der Waals surface area contributed by atoms with Crippen LogP contribution in [0.3, 0.4) is 0 Å². The van der Waals surface area contributed by atoms with E-state index in [0.29, 0.717) is 0 Å². The number of rotatable bonds is 4. The molecule has 0 aliphatic rings. The molecule has 1 heterocycles. The molecule has 1 atom stereocenters. The number of ether oxygens (including phenoxy) is 1. The zero-order chi connectivity index (χ0) is 11.4. The molecule has 5 heteroatoms. The van der Waals surface area contributed by atoms with E-state index in [2.05, 4.69) is 21.2 Å². The Balaban J connectivity index is 2.85. The SMILES string of the molecule is COC(=O)C(NC(C)C)c1ccc(Br)s1. The third-order valence-electron chi connectivity index (χ3n) is 1.82. The van der Waals surface area contributed by atoms with Crippen molar-refractivity contribution in [3.05, 3.63) is 20.8 Å². The van der Waals surface area contributed by atoms with Gasteiger partial charge in [0.2, 0.25) is 0 Å². The lowest BCUT2D eigenvalue weighted by Gasteiger charge is -2.17. The summed E-state index contributed by atoms with van der Waals surface area (Å²) in [6, 6.07) is 3.71. The van der Waals surface area contributed by atoms with Crippen molar-refractivity contribution in [2.75, 3.05) is 7.11 Å². The van der Waals surface area contributed by atoms with E-state index in [1.54, 1.807) is 0 Å². The van der Waals surface area contributed by atoms with Gasteiger partial charge in [-0.1, -0.05) is 0 Å². The number of carbonyl (C=O) groups excluding carboxylic acids is 1. The van der Waals surface area contributed by atoms with Gasteiger partial charge in [-0.2, -0.15) is 0 Å². The minimum atomic E-state index is -0.369. The van der Waals surface area contributed by atoms with Crippen molar-refractivity contribution in [3.63, 3.8) is 0 Å². The van der Waals surface area contributed by atoms with Crippen LogP contribution in [-0.2, 0) is 9.53 Å². The first-order valence-corrected chi connectivity index (χ1v) is 6.24. The predicted molar refractivity (Wildman–Crippen MR) is 65.0 cm³/mol. The van der Waals surface area contributed by atoms with Crippen LogP contribution in [0.25, 0.3) is 0 Å². The van der Waals surface area contributed by atoms with Gasteiger partial charge in [0.05, 0.1) is 10.9 Å². The normalized spacial score (nSPS) is 12.9. The first kappa shape index (κ1) is 12.7. The average molecular weight is 292 g/mol. The second-order valence-electron chi connectivity index (χ2n) is 3.42. The molecular formula is C10H14BrNO2S. The fourth-order valence-corrected chi connectivity index (χ4v) is 2.67. The Bertz CT molecular complexity index is 338. The maximum absolute atomic E-state index is 11.6.